The van der Waals surface area contributed by atoms with E-state index < -0.39 is 0 Å². The van der Waals surface area contributed by atoms with Gasteiger partial charge in [0.15, 0.2) is 0 Å². The van der Waals surface area contributed by atoms with Crippen LogP contribution in [0.4, 0.5) is 0 Å². The first-order chi connectivity index (χ1) is 6.83. The third-order valence-electron chi connectivity index (χ3n) is 2.20. The normalized spacial score (nSPS) is 12.6. The molecule has 0 aromatic heterocycles. The van der Waals surface area contributed by atoms with Crippen LogP contribution in [0.2, 0.25) is 0 Å². The van der Waals surface area contributed by atoms with Gasteiger partial charge in [0.25, 0.3) is 0 Å². The summed E-state index contributed by atoms with van der Waals surface area (Å²) >= 11 is 0. The minimum absolute atomic E-state index is 0.750. The van der Waals surface area contributed by atoms with Gasteiger partial charge in [-0.05, 0) is 30.5 Å². The predicted molar refractivity (Wildman–Crippen MR) is 62.0 cm³/mol. The highest BCUT2D eigenvalue weighted by Crippen LogP contribution is 2.30. The van der Waals surface area contributed by atoms with Gasteiger partial charge in [0, 0.05) is 5.57 Å². The molecule has 0 fully saturated rings. The summed E-state index contributed by atoms with van der Waals surface area (Å²) in [6.45, 7) is 6.33. The maximum atomic E-state index is 4.85. The van der Waals surface area contributed by atoms with E-state index in [1.807, 2.05) is 6.92 Å². The van der Waals surface area contributed by atoms with Crippen molar-refractivity contribution in [1.29, 1.82) is 0 Å². The lowest BCUT2D eigenvalue weighted by atomic mass is 10.1. The maximum Gasteiger partial charge on any atom is 0.00119 e. The molecule has 0 saturated heterocycles. The Morgan fingerprint density at radius 3 is 2.64 bits per heavy atom. The Morgan fingerprint density at radius 1 is 1.36 bits per heavy atom. The van der Waals surface area contributed by atoms with Crippen molar-refractivity contribution in [2.24, 2.45) is 5.73 Å². The Kier molecular flexibility index (Phi) is 4.18. The van der Waals surface area contributed by atoms with Gasteiger partial charge in [0.1, 0.15) is 0 Å². The molecule has 14 heavy (non-hydrogen) atoms. The fourth-order valence-corrected chi connectivity index (χ4v) is 1.61. The van der Waals surface area contributed by atoms with Gasteiger partial charge in [0.05, 0.1) is 0 Å². The predicted octanol–water partition coefficient (Wildman–Crippen LogP) is 2.77. The molecule has 0 radical (unpaired) electrons. The number of hydrogen-bond acceptors (Lipinski definition) is 1. The maximum absolute atomic E-state index is 4.85. The third-order valence-corrected chi connectivity index (χ3v) is 2.20. The molecule has 0 spiro atoms. The molecule has 0 amide bonds. The van der Waals surface area contributed by atoms with Crippen LogP contribution in [0.15, 0.2) is 36.6 Å². The van der Waals surface area contributed by atoms with Gasteiger partial charge >= 0.3 is 0 Å². The van der Waals surface area contributed by atoms with Crippen molar-refractivity contribution in [2.45, 2.75) is 19.8 Å². The van der Waals surface area contributed by atoms with Crippen molar-refractivity contribution < 1.29 is 0 Å². The lowest BCUT2D eigenvalue weighted by Crippen LogP contribution is -1.87. The summed E-state index contributed by atoms with van der Waals surface area (Å²) in [5.74, 6) is 0. The number of fused-ring (bicyclic) bond motifs is 1. The topological polar surface area (TPSA) is 26.0 Å². The number of rotatable bonds is 0. The highest BCUT2D eigenvalue weighted by Gasteiger charge is 2.13. The first-order valence-corrected chi connectivity index (χ1v) is 5.00. The standard InChI is InChI=1S/C11H10.C2H7N/c1-2-9-7-8-10-5-3-4-6-11(9)10;1-2-3/h3-6H,1,7-8H2;2-3H2,1H3. The quantitative estimate of drug-likeness (QED) is 0.621. The summed E-state index contributed by atoms with van der Waals surface area (Å²) in [5, 5.41) is 0. The van der Waals surface area contributed by atoms with Gasteiger partial charge in [-0.2, -0.15) is 0 Å². The molecule has 1 aromatic rings. The zero-order valence-electron chi connectivity index (χ0n) is 8.72. The molecular weight excluding hydrogens is 170 g/mol. The second kappa shape index (κ2) is 5.43. The van der Waals surface area contributed by atoms with E-state index in [0.717, 1.165) is 19.4 Å². The molecule has 0 atom stereocenters. The Balaban J connectivity index is 0.000000293. The van der Waals surface area contributed by atoms with Crippen LogP contribution in [0.25, 0.3) is 5.57 Å². The average molecular weight is 187 g/mol. The van der Waals surface area contributed by atoms with Crippen LogP contribution >= 0.6 is 0 Å². The van der Waals surface area contributed by atoms with Crippen molar-refractivity contribution in [3.8, 4) is 0 Å². The second-order valence-electron chi connectivity index (χ2n) is 3.22. The third kappa shape index (κ3) is 2.35. The van der Waals surface area contributed by atoms with Crippen LogP contribution in [0.3, 0.4) is 0 Å². The summed E-state index contributed by atoms with van der Waals surface area (Å²) < 4.78 is 0. The molecule has 0 aliphatic heterocycles. The molecule has 0 unspecified atom stereocenters. The molecular formula is C13H17N. The van der Waals surface area contributed by atoms with Crippen LogP contribution in [0, 0.1) is 0 Å². The molecule has 2 rings (SSSR count). The molecule has 1 aromatic carbocycles. The number of nitrogens with two attached hydrogens (primary N) is 1. The molecule has 1 heteroatoms. The number of hydrogen-bond donors (Lipinski definition) is 1. The average Bonchev–Trinajstić information content (AvgIpc) is 2.62. The summed E-state index contributed by atoms with van der Waals surface area (Å²) in [5.41, 5.74) is 11.9. The number of aryl methyl sites for hydroxylation is 1. The largest absolute Gasteiger partial charge is 0.331 e. The smallest absolute Gasteiger partial charge is 0.00119 e. The van der Waals surface area contributed by atoms with E-state index in [9.17, 15) is 0 Å². The SMILES string of the molecule is C=C=C1CCc2ccccc21.CCN. The Labute approximate surface area is 85.9 Å². The van der Waals surface area contributed by atoms with E-state index in [2.05, 4.69) is 36.6 Å². The van der Waals surface area contributed by atoms with Gasteiger partial charge in [-0.25, -0.2) is 0 Å². The molecule has 1 aliphatic carbocycles. The second-order valence-corrected chi connectivity index (χ2v) is 3.22. The van der Waals surface area contributed by atoms with Crippen LogP contribution in [-0.2, 0) is 6.42 Å². The fraction of sp³-hybridized carbons (Fsp3) is 0.308. The summed E-state index contributed by atoms with van der Waals surface area (Å²) in [4.78, 5) is 0. The van der Waals surface area contributed by atoms with Gasteiger partial charge in [-0.3, -0.25) is 0 Å². The zero-order chi connectivity index (χ0) is 10.4. The molecule has 74 valence electrons. The van der Waals surface area contributed by atoms with Crippen molar-refractivity contribution >= 4 is 5.57 Å². The molecule has 0 heterocycles. The van der Waals surface area contributed by atoms with E-state index >= 15 is 0 Å². The summed E-state index contributed by atoms with van der Waals surface area (Å²) in [6, 6.07) is 8.49. The highest BCUT2D eigenvalue weighted by molar-refractivity contribution is 5.71. The highest BCUT2D eigenvalue weighted by atomic mass is 14.5. The van der Waals surface area contributed by atoms with Crippen LogP contribution < -0.4 is 5.73 Å². The fourth-order valence-electron chi connectivity index (χ4n) is 1.61. The first kappa shape index (κ1) is 10.8. The van der Waals surface area contributed by atoms with E-state index in [0.29, 0.717) is 0 Å². The number of allylic oxidation sites excluding steroid dienone is 1. The first-order valence-electron chi connectivity index (χ1n) is 5.00. The van der Waals surface area contributed by atoms with Gasteiger partial charge in [-0.15, -0.1) is 5.73 Å². The van der Waals surface area contributed by atoms with Gasteiger partial charge in [-0.1, -0.05) is 37.8 Å². The lowest BCUT2D eigenvalue weighted by molar-refractivity contribution is 1.08. The van der Waals surface area contributed by atoms with E-state index in [1.165, 1.54) is 16.7 Å². The minimum Gasteiger partial charge on any atom is -0.331 e. The van der Waals surface area contributed by atoms with Crippen molar-refractivity contribution in [3.05, 3.63) is 47.7 Å². The van der Waals surface area contributed by atoms with E-state index in [-0.39, 0.29) is 0 Å². The number of benzene rings is 1. The van der Waals surface area contributed by atoms with Crippen LogP contribution in [0.5, 0.6) is 0 Å². The molecule has 1 aliphatic rings. The Morgan fingerprint density at radius 2 is 2.00 bits per heavy atom. The summed E-state index contributed by atoms with van der Waals surface area (Å²) in [6.07, 6.45) is 2.27. The van der Waals surface area contributed by atoms with Crippen molar-refractivity contribution in [3.63, 3.8) is 0 Å². The van der Waals surface area contributed by atoms with Crippen LogP contribution in [0.1, 0.15) is 24.5 Å². The molecule has 1 nitrogen and oxygen atoms in total. The minimum atomic E-state index is 0.750. The zero-order valence-corrected chi connectivity index (χ0v) is 8.72. The van der Waals surface area contributed by atoms with Gasteiger partial charge in [0.2, 0.25) is 0 Å². The Bertz CT molecular complexity index is 346. The lowest BCUT2D eigenvalue weighted by Gasteiger charge is -1.95. The molecule has 2 N–H and O–H groups in total. The van der Waals surface area contributed by atoms with Crippen molar-refractivity contribution in [2.75, 3.05) is 6.54 Å². The van der Waals surface area contributed by atoms with Gasteiger partial charge < -0.3 is 5.73 Å². The van der Waals surface area contributed by atoms with E-state index in [4.69, 9.17) is 5.73 Å². The van der Waals surface area contributed by atoms with Crippen LogP contribution in [-0.4, -0.2) is 6.54 Å². The molecule has 0 saturated carbocycles. The molecule has 0 bridgehead atoms. The summed E-state index contributed by atoms with van der Waals surface area (Å²) in [7, 11) is 0. The van der Waals surface area contributed by atoms with Crippen molar-refractivity contribution in [1.82, 2.24) is 0 Å². The Hall–Kier alpha value is -1.30. The monoisotopic (exact) mass is 187 g/mol. The van der Waals surface area contributed by atoms with E-state index in [1.54, 1.807) is 0 Å².